The van der Waals surface area contributed by atoms with Gasteiger partial charge >= 0.3 is 18.3 Å². The molecule has 0 unspecified atom stereocenters. The van der Waals surface area contributed by atoms with Crippen molar-refractivity contribution >= 4 is 27.8 Å². The van der Waals surface area contributed by atoms with Crippen LogP contribution in [0.1, 0.15) is 55.9 Å². The molecule has 0 radical (unpaired) electrons. The number of anilines is 1. The number of hydrogen-bond donors (Lipinski definition) is 0. The Kier molecular flexibility index (Phi) is 11.6. The van der Waals surface area contributed by atoms with Crippen LogP contribution in [-0.2, 0) is 35.0 Å². The van der Waals surface area contributed by atoms with Gasteiger partial charge in [0.25, 0.3) is 0 Å². The lowest BCUT2D eigenvalue weighted by molar-refractivity contribution is -0.155. The largest absolute Gasteiger partial charge is 0.493 e. The number of aromatic nitrogens is 2. The molecule has 0 spiro atoms. The third kappa shape index (κ3) is 10.7. The van der Waals surface area contributed by atoms with Gasteiger partial charge in [-0.05, 0) is 68.7 Å². The van der Waals surface area contributed by atoms with E-state index in [-0.39, 0.29) is 48.9 Å². The summed E-state index contributed by atoms with van der Waals surface area (Å²) < 4.78 is 103. The summed E-state index contributed by atoms with van der Waals surface area (Å²) in [6.45, 7) is 4.97. The monoisotopic (exact) mass is 707 g/mol. The SMILES string of the molecule is COc1cc(Br)c(CN(Cc2cc(C(F)(F)F)cc(C(F)(F)F)c2)c2ncc(OCCCC(=O)OC(C)(C)C)cn2)cc1OC. The molecular formula is C30H32BrF6N3O5. The zero-order valence-corrected chi connectivity index (χ0v) is 26.7. The van der Waals surface area contributed by atoms with Crippen LogP contribution in [0.4, 0.5) is 32.3 Å². The Bertz CT molecular complexity index is 1430. The molecule has 0 bridgehead atoms. The highest BCUT2D eigenvalue weighted by molar-refractivity contribution is 9.10. The van der Waals surface area contributed by atoms with E-state index in [9.17, 15) is 31.1 Å². The van der Waals surface area contributed by atoms with E-state index in [1.165, 1.54) is 31.5 Å². The average molecular weight is 708 g/mol. The maximum absolute atomic E-state index is 13.6. The predicted molar refractivity (Wildman–Crippen MR) is 156 cm³/mol. The predicted octanol–water partition coefficient (Wildman–Crippen LogP) is 8.00. The van der Waals surface area contributed by atoms with Gasteiger partial charge in [-0.25, -0.2) is 9.97 Å². The van der Waals surface area contributed by atoms with Crippen molar-refractivity contribution in [3.05, 3.63) is 69.5 Å². The fourth-order valence-corrected chi connectivity index (χ4v) is 4.55. The normalized spacial score (nSPS) is 12.1. The Morgan fingerprint density at radius 3 is 1.91 bits per heavy atom. The molecule has 45 heavy (non-hydrogen) atoms. The molecule has 0 N–H and O–H groups in total. The molecule has 0 aliphatic rings. The number of rotatable bonds is 12. The molecule has 3 aromatic rings. The van der Waals surface area contributed by atoms with Crippen LogP contribution in [0.5, 0.6) is 17.2 Å². The maximum Gasteiger partial charge on any atom is 0.416 e. The Balaban J connectivity index is 1.91. The van der Waals surface area contributed by atoms with E-state index in [0.29, 0.717) is 40.1 Å². The highest BCUT2D eigenvalue weighted by Gasteiger charge is 2.37. The van der Waals surface area contributed by atoms with Gasteiger partial charge in [-0.2, -0.15) is 26.3 Å². The minimum absolute atomic E-state index is 0.00348. The zero-order chi connectivity index (χ0) is 33.6. The molecular weight excluding hydrogens is 676 g/mol. The molecule has 0 aliphatic carbocycles. The van der Waals surface area contributed by atoms with Crippen molar-refractivity contribution in [1.82, 2.24) is 9.97 Å². The minimum atomic E-state index is -5.01. The lowest BCUT2D eigenvalue weighted by Crippen LogP contribution is -2.25. The first-order valence-corrected chi connectivity index (χ1v) is 14.3. The number of hydrogen-bond acceptors (Lipinski definition) is 8. The number of esters is 1. The molecule has 15 heteroatoms. The third-order valence-electron chi connectivity index (χ3n) is 6.05. The first kappa shape index (κ1) is 35.7. The number of methoxy groups -OCH3 is 2. The fourth-order valence-electron chi connectivity index (χ4n) is 4.10. The van der Waals surface area contributed by atoms with Crippen LogP contribution in [0.15, 0.2) is 47.2 Å². The minimum Gasteiger partial charge on any atom is -0.493 e. The van der Waals surface area contributed by atoms with Crippen LogP contribution in [0.25, 0.3) is 0 Å². The van der Waals surface area contributed by atoms with Gasteiger partial charge in [0.1, 0.15) is 5.60 Å². The van der Waals surface area contributed by atoms with Gasteiger partial charge < -0.3 is 23.8 Å². The Morgan fingerprint density at radius 1 is 0.844 bits per heavy atom. The van der Waals surface area contributed by atoms with Gasteiger partial charge in [-0.15, -0.1) is 0 Å². The second-order valence-corrected chi connectivity index (χ2v) is 11.7. The molecule has 246 valence electrons. The topological polar surface area (TPSA) is 83.0 Å². The Hall–Kier alpha value is -3.75. The van der Waals surface area contributed by atoms with E-state index in [0.717, 1.165) is 0 Å². The highest BCUT2D eigenvalue weighted by atomic mass is 79.9. The Morgan fingerprint density at radius 2 is 1.40 bits per heavy atom. The third-order valence-corrected chi connectivity index (χ3v) is 6.78. The fraction of sp³-hybridized carbons (Fsp3) is 0.433. The van der Waals surface area contributed by atoms with Gasteiger partial charge in [-0.1, -0.05) is 15.9 Å². The smallest absolute Gasteiger partial charge is 0.416 e. The zero-order valence-electron chi connectivity index (χ0n) is 25.1. The lowest BCUT2D eigenvalue weighted by Gasteiger charge is -2.25. The first-order chi connectivity index (χ1) is 20.9. The summed E-state index contributed by atoms with van der Waals surface area (Å²) in [5.74, 6) is 0.622. The van der Waals surface area contributed by atoms with Crippen LogP contribution >= 0.6 is 15.9 Å². The molecule has 0 amide bonds. The molecule has 2 aromatic carbocycles. The molecule has 0 saturated heterocycles. The molecule has 1 aromatic heterocycles. The number of alkyl halides is 6. The molecule has 0 atom stereocenters. The number of halogens is 7. The number of benzene rings is 2. The lowest BCUT2D eigenvalue weighted by atomic mass is 10.0. The molecule has 0 saturated carbocycles. The molecule has 1 heterocycles. The summed E-state index contributed by atoms with van der Waals surface area (Å²) in [5, 5.41) is 0. The van der Waals surface area contributed by atoms with Crippen LogP contribution in [0, 0.1) is 0 Å². The maximum atomic E-state index is 13.6. The highest BCUT2D eigenvalue weighted by Crippen LogP contribution is 2.38. The van der Waals surface area contributed by atoms with E-state index in [1.54, 1.807) is 32.9 Å². The van der Waals surface area contributed by atoms with Crippen molar-refractivity contribution in [2.75, 3.05) is 25.7 Å². The second-order valence-electron chi connectivity index (χ2n) is 10.8. The summed E-state index contributed by atoms with van der Waals surface area (Å²) in [7, 11) is 2.86. The Labute approximate surface area is 264 Å². The van der Waals surface area contributed by atoms with Gasteiger partial charge in [0.2, 0.25) is 5.95 Å². The van der Waals surface area contributed by atoms with E-state index >= 15 is 0 Å². The van der Waals surface area contributed by atoms with Gasteiger partial charge in [-0.3, -0.25) is 4.79 Å². The van der Waals surface area contributed by atoms with E-state index < -0.39 is 35.6 Å². The summed E-state index contributed by atoms with van der Waals surface area (Å²) >= 11 is 3.43. The van der Waals surface area contributed by atoms with Crippen molar-refractivity contribution in [2.45, 2.75) is 64.7 Å². The molecule has 0 fully saturated rings. The number of nitrogens with zero attached hydrogens (tertiary/aromatic N) is 3. The second kappa shape index (κ2) is 14.6. The summed E-state index contributed by atoms with van der Waals surface area (Å²) in [6.07, 6.45) is -6.90. The van der Waals surface area contributed by atoms with Crippen molar-refractivity contribution in [3.8, 4) is 17.2 Å². The number of carbonyl (C=O) groups excluding carboxylic acids is 1. The standard InChI is InChI=1S/C30H32BrF6N3O5/c1-28(2,3)45-26(41)7-6-8-44-22-14-38-27(39-15-22)40(17-19-11-24(42-4)25(43-5)13-23(19)31)16-18-9-20(29(32,33)34)12-21(10-18)30(35,36)37/h9-15H,6-8,16-17H2,1-5H3. The van der Waals surface area contributed by atoms with Gasteiger partial charge in [0.05, 0.1) is 44.3 Å². The summed E-state index contributed by atoms with van der Waals surface area (Å²) in [6, 6.07) is 4.63. The van der Waals surface area contributed by atoms with Crippen LogP contribution in [-0.4, -0.2) is 42.4 Å². The van der Waals surface area contributed by atoms with Crippen LogP contribution in [0.3, 0.4) is 0 Å². The van der Waals surface area contributed by atoms with E-state index in [2.05, 4.69) is 25.9 Å². The average Bonchev–Trinajstić information content (AvgIpc) is 2.94. The molecule has 8 nitrogen and oxygen atoms in total. The summed E-state index contributed by atoms with van der Waals surface area (Å²) in [4.78, 5) is 21.8. The van der Waals surface area contributed by atoms with Gasteiger partial charge in [0.15, 0.2) is 17.2 Å². The van der Waals surface area contributed by atoms with Crippen molar-refractivity contribution < 1.29 is 50.1 Å². The molecule has 0 aliphatic heterocycles. The quantitative estimate of drug-likeness (QED) is 0.106. The number of carbonyl (C=O) groups is 1. The van der Waals surface area contributed by atoms with Crippen molar-refractivity contribution in [3.63, 3.8) is 0 Å². The van der Waals surface area contributed by atoms with Crippen LogP contribution < -0.4 is 19.1 Å². The number of ether oxygens (including phenoxy) is 4. The van der Waals surface area contributed by atoms with E-state index in [4.69, 9.17) is 18.9 Å². The molecule has 3 rings (SSSR count). The van der Waals surface area contributed by atoms with Crippen molar-refractivity contribution in [1.29, 1.82) is 0 Å². The van der Waals surface area contributed by atoms with Crippen molar-refractivity contribution in [2.24, 2.45) is 0 Å². The first-order valence-electron chi connectivity index (χ1n) is 13.5. The van der Waals surface area contributed by atoms with Gasteiger partial charge in [0, 0.05) is 24.0 Å². The summed E-state index contributed by atoms with van der Waals surface area (Å²) in [5.41, 5.74) is -3.18. The van der Waals surface area contributed by atoms with Crippen LogP contribution in [0.2, 0.25) is 0 Å². The van der Waals surface area contributed by atoms with E-state index in [1.807, 2.05) is 0 Å².